The Kier molecular flexibility index (Phi) is 7.33. The lowest BCUT2D eigenvalue weighted by molar-refractivity contribution is 0.110. The number of sulfonamides is 1. The van der Waals surface area contributed by atoms with Crippen molar-refractivity contribution in [2.24, 2.45) is 0 Å². The summed E-state index contributed by atoms with van der Waals surface area (Å²) < 4.78 is 45.1. The average molecular weight is 461 g/mol. The Hall–Kier alpha value is -3.16. The number of likely N-dealkylation sites (tertiary alicyclic amines) is 1. The number of hydrogen-bond acceptors (Lipinski definition) is 6. The van der Waals surface area contributed by atoms with Crippen molar-refractivity contribution in [2.45, 2.75) is 25.9 Å². The number of amides is 2. The number of anilines is 1. The molecule has 32 heavy (non-hydrogen) atoms. The van der Waals surface area contributed by atoms with Crippen LogP contribution in [-0.4, -0.2) is 56.8 Å². The molecule has 170 valence electrons. The monoisotopic (exact) mass is 460 g/mol. The molecule has 2 aromatic rings. The number of nitrogens with zero attached hydrogens (tertiary/aromatic N) is 2. The van der Waals surface area contributed by atoms with E-state index in [4.69, 9.17) is 4.74 Å². The van der Waals surface area contributed by atoms with E-state index in [1.165, 1.54) is 18.3 Å². The van der Waals surface area contributed by atoms with Gasteiger partial charge in [-0.3, -0.25) is 0 Å². The van der Waals surface area contributed by atoms with Crippen LogP contribution in [0.5, 0.6) is 5.88 Å². The SMILES string of the molecule is CC#Cc1cc(F)cc(-c2ccnc(OC3CCN(C)CC3)c2)c1NC(=O)NS(C)(=O)=O. The van der Waals surface area contributed by atoms with Gasteiger partial charge in [0.25, 0.3) is 0 Å². The van der Waals surface area contributed by atoms with Crippen molar-refractivity contribution >= 4 is 21.7 Å². The van der Waals surface area contributed by atoms with Crippen LogP contribution in [0.15, 0.2) is 30.5 Å². The molecule has 1 fully saturated rings. The van der Waals surface area contributed by atoms with Gasteiger partial charge in [-0.2, -0.15) is 0 Å². The third-order valence-electron chi connectivity index (χ3n) is 4.88. The molecule has 1 aromatic carbocycles. The van der Waals surface area contributed by atoms with Gasteiger partial charge in [0.1, 0.15) is 11.9 Å². The average Bonchev–Trinajstić information content (AvgIpc) is 2.70. The second kappa shape index (κ2) is 9.97. The Balaban J connectivity index is 1.97. The third-order valence-corrected chi connectivity index (χ3v) is 5.43. The molecule has 1 aromatic heterocycles. The smallest absolute Gasteiger partial charge is 0.332 e. The quantitative estimate of drug-likeness (QED) is 0.666. The summed E-state index contributed by atoms with van der Waals surface area (Å²) in [6.07, 6.45) is 4.17. The number of benzene rings is 1. The van der Waals surface area contributed by atoms with E-state index in [1.54, 1.807) is 19.1 Å². The maximum Gasteiger partial charge on any atom is 0.332 e. The lowest BCUT2D eigenvalue weighted by Gasteiger charge is -2.29. The molecule has 2 heterocycles. The largest absolute Gasteiger partial charge is 0.474 e. The van der Waals surface area contributed by atoms with E-state index >= 15 is 0 Å². The maximum atomic E-state index is 14.4. The highest BCUT2D eigenvalue weighted by atomic mass is 32.2. The topological polar surface area (TPSA) is 101 Å². The Morgan fingerprint density at radius 2 is 2.00 bits per heavy atom. The first-order valence-electron chi connectivity index (χ1n) is 10.0. The van der Waals surface area contributed by atoms with Gasteiger partial charge < -0.3 is 15.0 Å². The van der Waals surface area contributed by atoms with E-state index in [2.05, 4.69) is 34.1 Å². The van der Waals surface area contributed by atoms with Crippen LogP contribution in [0.1, 0.15) is 25.3 Å². The van der Waals surface area contributed by atoms with Gasteiger partial charge in [-0.05, 0) is 50.6 Å². The molecule has 0 aliphatic carbocycles. The van der Waals surface area contributed by atoms with Crippen LogP contribution in [0.3, 0.4) is 0 Å². The number of piperidine rings is 1. The normalized spacial score (nSPS) is 14.9. The molecule has 0 radical (unpaired) electrons. The second-order valence-corrected chi connectivity index (χ2v) is 9.33. The fourth-order valence-electron chi connectivity index (χ4n) is 3.42. The van der Waals surface area contributed by atoms with E-state index < -0.39 is 21.9 Å². The van der Waals surface area contributed by atoms with Gasteiger partial charge in [0.15, 0.2) is 0 Å². The van der Waals surface area contributed by atoms with Gasteiger partial charge in [0.05, 0.1) is 17.5 Å². The van der Waals surface area contributed by atoms with Crippen molar-refractivity contribution in [1.82, 2.24) is 14.6 Å². The molecule has 1 aliphatic rings. The predicted molar refractivity (Wildman–Crippen MR) is 120 cm³/mol. The number of hydrogen-bond donors (Lipinski definition) is 2. The fraction of sp³-hybridized carbons (Fsp3) is 0.364. The number of pyridine rings is 1. The molecule has 0 unspecified atom stereocenters. The van der Waals surface area contributed by atoms with Crippen molar-refractivity contribution in [3.8, 4) is 28.8 Å². The minimum Gasteiger partial charge on any atom is -0.474 e. The molecule has 2 amide bonds. The number of carbonyl (C=O) groups is 1. The highest BCUT2D eigenvalue weighted by Gasteiger charge is 2.20. The van der Waals surface area contributed by atoms with Gasteiger partial charge >= 0.3 is 6.03 Å². The molecule has 0 atom stereocenters. The molecular formula is C22H25FN4O4S. The molecule has 3 rings (SSSR count). The van der Waals surface area contributed by atoms with Crippen molar-refractivity contribution in [1.29, 1.82) is 0 Å². The van der Waals surface area contributed by atoms with Gasteiger partial charge in [-0.15, -0.1) is 5.92 Å². The lowest BCUT2D eigenvalue weighted by Crippen LogP contribution is -2.35. The molecular weight excluding hydrogens is 435 g/mol. The van der Waals surface area contributed by atoms with Gasteiger partial charge in [0, 0.05) is 30.9 Å². The molecule has 1 aliphatic heterocycles. The van der Waals surface area contributed by atoms with E-state index in [9.17, 15) is 17.6 Å². The third kappa shape index (κ3) is 6.42. The minimum atomic E-state index is -3.79. The van der Waals surface area contributed by atoms with Crippen LogP contribution in [0.25, 0.3) is 11.1 Å². The molecule has 10 heteroatoms. The molecule has 2 N–H and O–H groups in total. The zero-order chi connectivity index (χ0) is 23.3. The first-order chi connectivity index (χ1) is 15.1. The summed E-state index contributed by atoms with van der Waals surface area (Å²) >= 11 is 0. The summed E-state index contributed by atoms with van der Waals surface area (Å²) in [4.78, 5) is 18.7. The summed E-state index contributed by atoms with van der Waals surface area (Å²) in [5.74, 6) is 5.25. The lowest BCUT2D eigenvalue weighted by atomic mass is 10.00. The Bertz CT molecular complexity index is 1170. The number of ether oxygens (including phenoxy) is 1. The van der Waals surface area contributed by atoms with Crippen LogP contribution in [0.4, 0.5) is 14.9 Å². The van der Waals surface area contributed by atoms with Gasteiger partial charge in [-0.25, -0.2) is 27.3 Å². The van der Waals surface area contributed by atoms with Crippen molar-refractivity contribution in [3.05, 3.63) is 41.8 Å². The van der Waals surface area contributed by atoms with Gasteiger partial charge in [0.2, 0.25) is 15.9 Å². The van der Waals surface area contributed by atoms with Crippen molar-refractivity contribution in [2.75, 3.05) is 31.7 Å². The van der Waals surface area contributed by atoms with Gasteiger partial charge in [-0.1, -0.05) is 5.92 Å². The van der Waals surface area contributed by atoms with Crippen LogP contribution in [-0.2, 0) is 10.0 Å². The number of rotatable bonds is 5. The second-order valence-electron chi connectivity index (χ2n) is 7.58. The summed E-state index contributed by atoms with van der Waals surface area (Å²) in [6, 6.07) is 4.75. The summed E-state index contributed by atoms with van der Waals surface area (Å²) in [7, 11) is -1.73. The molecule has 0 spiro atoms. The zero-order valence-electron chi connectivity index (χ0n) is 18.1. The van der Waals surface area contributed by atoms with Crippen LogP contribution >= 0.6 is 0 Å². The highest BCUT2D eigenvalue weighted by molar-refractivity contribution is 7.89. The molecule has 0 bridgehead atoms. The summed E-state index contributed by atoms with van der Waals surface area (Å²) in [5, 5.41) is 2.49. The van der Waals surface area contributed by atoms with E-state index in [-0.39, 0.29) is 17.4 Å². The van der Waals surface area contributed by atoms with Crippen molar-refractivity contribution in [3.63, 3.8) is 0 Å². The zero-order valence-corrected chi connectivity index (χ0v) is 18.9. The standard InChI is InChI=1S/C22H25FN4O4S/c1-4-5-16-12-17(23)14-19(21(16)25-22(28)26-32(3,29)30)15-6-9-24-20(13-15)31-18-7-10-27(2)11-8-18/h6,9,12-14,18H,7-8,10-11H2,1-3H3,(H2,25,26,28). The minimum absolute atomic E-state index is 0.0288. The number of aromatic nitrogens is 1. The van der Waals surface area contributed by atoms with Crippen molar-refractivity contribution < 1.29 is 22.3 Å². The Morgan fingerprint density at radius 1 is 1.28 bits per heavy atom. The number of urea groups is 1. The number of nitrogens with one attached hydrogen (secondary N) is 2. The van der Waals surface area contributed by atoms with E-state index in [1.807, 2.05) is 4.72 Å². The highest BCUT2D eigenvalue weighted by Crippen LogP contribution is 2.34. The first kappa shape index (κ1) is 23.5. The fourth-order valence-corrected chi connectivity index (χ4v) is 3.81. The summed E-state index contributed by atoms with van der Waals surface area (Å²) in [6.45, 7) is 3.43. The van der Waals surface area contributed by atoms with Crippen LogP contribution < -0.4 is 14.8 Å². The summed E-state index contributed by atoms with van der Waals surface area (Å²) in [5.41, 5.74) is 1.25. The predicted octanol–water partition coefficient (Wildman–Crippen LogP) is 2.81. The van der Waals surface area contributed by atoms with E-state index in [0.717, 1.165) is 32.2 Å². The number of carbonyl (C=O) groups excluding carboxylic acids is 1. The molecule has 8 nitrogen and oxygen atoms in total. The Morgan fingerprint density at radius 3 is 2.66 bits per heavy atom. The molecule has 1 saturated heterocycles. The number of halogens is 1. The van der Waals surface area contributed by atoms with E-state index in [0.29, 0.717) is 17.0 Å². The first-order valence-corrected chi connectivity index (χ1v) is 11.9. The molecule has 0 saturated carbocycles. The maximum absolute atomic E-state index is 14.4. The Labute approximate surface area is 187 Å². The van der Waals surface area contributed by atoms with Crippen LogP contribution in [0.2, 0.25) is 0 Å². The van der Waals surface area contributed by atoms with Crippen LogP contribution in [0, 0.1) is 17.7 Å².